The Kier molecular flexibility index (Phi) is 6.02. The molecule has 3 N–H and O–H groups in total. The first-order chi connectivity index (χ1) is 16.4. The van der Waals surface area contributed by atoms with E-state index in [4.69, 9.17) is 4.74 Å². The number of hydrogen-bond donors (Lipinski definition) is 3. The van der Waals surface area contributed by atoms with Crippen molar-refractivity contribution in [2.45, 2.75) is 50.5 Å². The molecule has 0 heterocycles. The zero-order valence-corrected chi connectivity index (χ0v) is 19.1. The lowest BCUT2D eigenvalue weighted by Crippen LogP contribution is -2.35. The van der Waals surface area contributed by atoms with E-state index in [1.165, 1.54) is 22.3 Å². The number of amides is 2. The molecule has 0 saturated heterocycles. The fraction of sp³-hybridized carbons (Fsp3) is 0.444. The molecule has 7 nitrogen and oxygen atoms in total. The second-order valence-electron chi connectivity index (χ2n) is 9.91. The van der Waals surface area contributed by atoms with E-state index >= 15 is 0 Å². The molecule has 34 heavy (non-hydrogen) atoms. The summed E-state index contributed by atoms with van der Waals surface area (Å²) < 4.78 is 5.64. The van der Waals surface area contributed by atoms with E-state index in [-0.39, 0.29) is 36.9 Å². The summed E-state index contributed by atoms with van der Waals surface area (Å²) in [7, 11) is 0. The van der Waals surface area contributed by atoms with Gasteiger partial charge in [0.1, 0.15) is 6.61 Å². The van der Waals surface area contributed by atoms with Crippen LogP contribution in [-0.4, -0.2) is 42.3 Å². The minimum atomic E-state index is -0.832. The number of aliphatic carboxylic acids is 1. The average Bonchev–Trinajstić information content (AvgIpc) is 3.41. The van der Waals surface area contributed by atoms with Crippen LogP contribution in [0, 0.1) is 11.3 Å². The zero-order chi connectivity index (χ0) is 23.7. The van der Waals surface area contributed by atoms with Crippen molar-refractivity contribution in [1.29, 1.82) is 0 Å². The van der Waals surface area contributed by atoms with E-state index in [9.17, 15) is 19.5 Å². The lowest BCUT2D eigenvalue weighted by atomic mass is 9.98. The van der Waals surface area contributed by atoms with Crippen LogP contribution in [0.15, 0.2) is 48.5 Å². The maximum atomic E-state index is 12.5. The molecule has 0 bridgehead atoms. The van der Waals surface area contributed by atoms with Gasteiger partial charge < -0.3 is 20.5 Å². The van der Waals surface area contributed by atoms with Crippen LogP contribution in [0.25, 0.3) is 11.1 Å². The number of fused-ring (bicyclic) bond motifs is 3. The number of ether oxygens (including phenoxy) is 1. The summed E-state index contributed by atoms with van der Waals surface area (Å²) in [6.07, 6.45) is 3.57. The molecular formula is C27H30N2O5. The summed E-state index contributed by atoms with van der Waals surface area (Å²) in [6.45, 7) is 0.485. The van der Waals surface area contributed by atoms with Crippen molar-refractivity contribution in [3.8, 4) is 11.1 Å². The molecule has 0 spiro atoms. The Morgan fingerprint density at radius 2 is 1.62 bits per heavy atom. The van der Waals surface area contributed by atoms with Gasteiger partial charge >= 0.3 is 12.1 Å². The molecule has 3 aliphatic rings. The highest BCUT2D eigenvalue weighted by Gasteiger charge is 2.50. The predicted molar refractivity (Wildman–Crippen MR) is 126 cm³/mol. The first kappa shape index (κ1) is 22.4. The first-order valence-electron chi connectivity index (χ1n) is 12.1. The van der Waals surface area contributed by atoms with Gasteiger partial charge in [0, 0.05) is 24.9 Å². The Bertz CT molecular complexity index is 1060. The summed E-state index contributed by atoms with van der Waals surface area (Å²) in [5, 5.41) is 15.0. The number of nitrogens with one attached hydrogen (secondary N) is 2. The van der Waals surface area contributed by atoms with Crippen LogP contribution in [-0.2, 0) is 14.3 Å². The molecule has 2 amide bonds. The molecule has 0 aliphatic heterocycles. The number of carbonyl (C=O) groups excluding carboxylic acids is 2. The van der Waals surface area contributed by atoms with Gasteiger partial charge in [-0.25, -0.2) is 4.79 Å². The first-order valence-corrected chi connectivity index (χ1v) is 12.1. The van der Waals surface area contributed by atoms with Gasteiger partial charge in [-0.05, 0) is 60.3 Å². The number of alkyl carbamates (subject to hydrolysis) is 1. The molecule has 2 atom stereocenters. The lowest BCUT2D eigenvalue weighted by Gasteiger charge is -2.17. The van der Waals surface area contributed by atoms with E-state index in [2.05, 4.69) is 34.9 Å². The van der Waals surface area contributed by atoms with Gasteiger partial charge in [0.25, 0.3) is 0 Å². The van der Waals surface area contributed by atoms with Crippen LogP contribution in [0.4, 0.5) is 4.79 Å². The van der Waals surface area contributed by atoms with Crippen molar-refractivity contribution < 1.29 is 24.2 Å². The number of hydrogen-bond acceptors (Lipinski definition) is 4. The van der Waals surface area contributed by atoms with Crippen LogP contribution in [0.3, 0.4) is 0 Å². The molecule has 2 aromatic carbocycles. The van der Waals surface area contributed by atoms with Crippen molar-refractivity contribution in [3.05, 3.63) is 59.7 Å². The zero-order valence-electron chi connectivity index (χ0n) is 19.1. The van der Waals surface area contributed by atoms with Gasteiger partial charge in [-0.2, -0.15) is 0 Å². The Labute approximate surface area is 198 Å². The van der Waals surface area contributed by atoms with Gasteiger partial charge in [0.05, 0.1) is 5.41 Å². The molecule has 2 fully saturated rings. The molecule has 3 aliphatic carbocycles. The molecule has 5 rings (SSSR count). The van der Waals surface area contributed by atoms with Gasteiger partial charge in [-0.15, -0.1) is 0 Å². The number of carboxylic acid groups (broad SMARTS) is 1. The molecular weight excluding hydrogens is 432 g/mol. The largest absolute Gasteiger partial charge is 0.481 e. The highest BCUT2D eigenvalue weighted by molar-refractivity contribution is 5.81. The van der Waals surface area contributed by atoms with Gasteiger partial charge in [0.15, 0.2) is 0 Å². The van der Waals surface area contributed by atoms with Crippen LogP contribution in [0.5, 0.6) is 0 Å². The third-order valence-corrected chi connectivity index (χ3v) is 7.61. The maximum Gasteiger partial charge on any atom is 0.407 e. The summed E-state index contributed by atoms with van der Waals surface area (Å²) in [4.78, 5) is 36.0. The van der Waals surface area contributed by atoms with Crippen LogP contribution < -0.4 is 10.6 Å². The summed E-state index contributed by atoms with van der Waals surface area (Å²) >= 11 is 0. The highest BCUT2D eigenvalue weighted by Crippen LogP contribution is 2.45. The van der Waals surface area contributed by atoms with Gasteiger partial charge in [0.2, 0.25) is 5.91 Å². The molecule has 2 saturated carbocycles. The highest BCUT2D eigenvalue weighted by atomic mass is 16.5. The second kappa shape index (κ2) is 9.12. The molecule has 178 valence electrons. The standard InChI is InChI=1S/C27H30N2O5/c30-24(28-16-27(11-12-27)25(31)32)14-17-9-10-18(13-17)29-26(33)34-15-23-21-7-3-1-5-19(21)20-6-2-4-8-22(20)23/h1-8,17-18,23H,9-16H2,(H,28,30)(H,29,33)(H,31,32)/t17-,18+/m1/s1. The topological polar surface area (TPSA) is 105 Å². The number of carbonyl (C=O) groups is 3. The monoisotopic (exact) mass is 462 g/mol. The third-order valence-electron chi connectivity index (χ3n) is 7.61. The van der Waals surface area contributed by atoms with Crippen molar-refractivity contribution in [2.24, 2.45) is 11.3 Å². The Hall–Kier alpha value is -3.35. The maximum absolute atomic E-state index is 12.5. The van der Waals surface area contributed by atoms with Crippen LogP contribution in [0.2, 0.25) is 0 Å². The van der Waals surface area contributed by atoms with E-state index in [0.717, 1.165) is 19.3 Å². The van der Waals surface area contributed by atoms with E-state index in [1.54, 1.807) is 0 Å². The fourth-order valence-corrected chi connectivity index (χ4v) is 5.42. The Balaban J connectivity index is 1.08. The second-order valence-corrected chi connectivity index (χ2v) is 9.91. The molecule has 0 radical (unpaired) electrons. The lowest BCUT2D eigenvalue weighted by molar-refractivity contribution is -0.143. The van der Waals surface area contributed by atoms with Crippen LogP contribution in [0.1, 0.15) is 55.6 Å². The van der Waals surface area contributed by atoms with Crippen LogP contribution >= 0.6 is 0 Å². The molecule has 0 unspecified atom stereocenters. The Morgan fingerprint density at radius 1 is 0.971 bits per heavy atom. The smallest absolute Gasteiger partial charge is 0.407 e. The van der Waals surface area contributed by atoms with Crippen molar-refractivity contribution in [1.82, 2.24) is 10.6 Å². The predicted octanol–water partition coefficient (Wildman–Crippen LogP) is 4.06. The van der Waals surface area contributed by atoms with Crippen molar-refractivity contribution in [3.63, 3.8) is 0 Å². The minimum Gasteiger partial charge on any atom is -0.481 e. The average molecular weight is 463 g/mol. The molecule has 0 aromatic heterocycles. The number of rotatable bonds is 8. The SMILES string of the molecule is O=C(C[C@@H]1CC[C@H](NC(=O)OCC2c3ccccc3-c3ccccc32)C1)NCC1(C(=O)O)CC1. The van der Waals surface area contributed by atoms with Crippen molar-refractivity contribution >= 4 is 18.0 Å². The Morgan fingerprint density at radius 3 is 2.24 bits per heavy atom. The molecule has 7 heteroatoms. The van der Waals surface area contributed by atoms with E-state index < -0.39 is 17.5 Å². The van der Waals surface area contributed by atoms with Crippen molar-refractivity contribution in [2.75, 3.05) is 13.2 Å². The summed E-state index contributed by atoms with van der Waals surface area (Å²) in [6, 6.07) is 16.5. The van der Waals surface area contributed by atoms with E-state index in [1.807, 2.05) is 24.3 Å². The fourth-order valence-electron chi connectivity index (χ4n) is 5.42. The molecule has 2 aromatic rings. The van der Waals surface area contributed by atoms with Gasteiger partial charge in [-0.1, -0.05) is 48.5 Å². The summed E-state index contributed by atoms with van der Waals surface area (Å²) in [5.74, 6) is -0.738. The number of carboxylic acids is 1. The van der Waals surface area contributed by atoms with E-state index in [0.29, 0.717) is 19.3 Å². The quantitative estimate of drug-likeness (QED) is 0.549. The number of benzene rings is 2. The third kappa shape index (κ3) is 4.52. The van der Waals surface area contributed by atoms with Gasteiger partial charge in [-0.3, -0.25) is 9.59 Å². The summed E-state index contributed by atoms with van der Waals surface area (Å²) in [5.41, 5.74) is 4.00. The minimum absolute atomic E-state index is 0.0118. The normalized spacial score (nSPS) is 21.9.